The zero-order valence-corrected chi connectivity index (χ0v) is 17.4. The summed E-state index contributed by atoms with van der Waals surface area (Å²) in [7, 11) is -3.66. The van der Waals surface area contributed by atoms with Crippen molar-refractivity contribution in [2.24, 2.45) is 23.7 Å². The minimum Gasteiger partial charge on any atom is -0.329 e. The van der Waals surface area contributed by atoms with E-state index in [1.165, 1.54) is 0 Å². The van der Waals surface area contributed by atoms with E-state index in [1.54, 1.807) is 24.3 Å². The van der Waals surface area contributed by atoms with Gasteiger partial charge in [0.05, 0.1) is 4.90 Å². The summed E-state index contributed by atoms with van der Waals surface area (Å²) in [6.45, 7) is 6.06. The van der Waals surface area contributed by atoms with Gasteiger partial charge in [0.25, 0.3) is 0 Å². The third-order valence-corrected chi connectivity index (χ3v) is 9.56. The average molecular weight is 409 g/mol. The lowest BCUT2D eigenvalue weighted by molar-refractivity contribution is -0.568. The third-order valence-electron chi connectivity index (χ3n) is 7.47. The predicted octanol–water partition coefficient (Wildman–Crippen LogP) is 3.67. The molecule has 6 rings (SSSR count). The molecule has 6 nitrogen and oxygen atoms in total. The molecule has 2 bridgehead atoms. The number of rotatable bonds is 2. The third kappa shape index (κ3) is 2.50. The van der Waals surface area contributed by atoms with Crippen LogP contribution in [-0.4, -0.2) is 31.5 Å². The molecule has 8 atom stereocenters. The minimum absolute atomic E-state index is 0.00131. The topological polar surface area (TPSA) is 71.1 Å². The molecule has 1 aliphatic carbocycles. The molecule has 0 amide bonds. The quantitative estimate of drug-likeness (QED) is 0.696. The van der Waals surface area contributed by atoms with E-state index in [-0.39, 0.29) is 22.6 Å². The van der Waals surface area contributed by atoms with Crippen LogP contribution in [0.15, 0.2) is 35.2 Å². The van der Waals surface area contributed by atoms with Crippen LogP contribution in [0.5, 0.6) is 0 Å². The van der Waals surface area contributed by atoms with Crippen molar-refractivity contribution in [3.8, 4) is 0 Å². The van der Waals surface area contributed by atoms with Crippen LogP contribution in [-0.2, 0) is 29.1 Å². The Bertz CT molecular complexity index is 857. The van der Waals surface area contributed by atoms with Crippen molar-refractivity contribution >= 4 is 9.84 Å². The largest absolute Gasteiger partial charge is 0.329 e. The van der Waals surface area contributed by atoms with Gasteiger partial charge in [0, 0.05) is 18.3 Å². The first kappa shape index (κ1) is 19.0. The summed E-state index contributed by atoms with van der Waals surface area (Å²) >= 11 is 0. The molecule has 7 heteroatoms. The van der Waals surface area contributed by atoms with Crippen molar-refractivity contribution in [1.29, 1.82) is 0 Å². The van der Waals surface area contributed by atoms with Crippen molar-refractivity contribution in [3.63, 3.8) is 0 Å². The first-order chi connectivity index (χ1) is 13.3. The SMILES string of the molecule is C[C@H]1[C@H](S(=O)(=O)c2ccccc2)O[C@@H]2O[C@@]3(C)CC[C@H]4[C@H](C)CC[C@@H]1[C@@]24OO3. The van der Waals surface area contributed by atoms with E-state index in [0.717, 1.165) is 19.3 Å². The monoisotopic (exact) mass is 408 g/mol. The number of fused-ring (bicyclic) bond motifs is 2. The van der Waals surface area contributed by atoms with Gasteiger partial charge in [-0.05, 0) is 50.2 Å². The Morgan fingerprint density at radius 3 is 2.50 bits per heavy atom. The van der Waals surface area contributed by atoms with Gasteiger partial charge >= 0.3 is 0 Å². The maximum atomic E-state index is 13.4. The van der Waals surface area contributed by atoms with Gasteiger partial charge in [-0.2, -0.15) is 0 Å². The number of benzene rings is 1. The van der Waals surface area contributed by atoms with Crippen molar-refractivity contribution in [2.75, 3.05) is 0 Å². The van der Waals surface area contributed by atoms with Crippen LogP contribution in [0.4, 0.5) is 0 Å². The van der Waals surface area contributed by atoms with Gasteiger partial charge in [-0.25, -0.2) is 18.2 Å². The molecule has 1 aromatic rings. The molecule has 4 heterocycles. The first-order valence-electron chi connectivity index (χ1n) is 10.3. The van der Waals surface area contributed by atoms with Crippen molar-refractivity contribution < 1.29 is 27.7 Å². The second kappa shape index (κ2) is 6.25. The molecule has 0 N–H and O–H groups in total. The average Bonchev–Trinajstić information content (AvgIpc) is 2.91. The van der Waals surface area contributed by atoms with Crippen LogP contribution in [0, 0.1) is 23.7 Å². The number of hydrogen-bond acceptors (Lipinski definition) is 6. The van der Waals surface area contributed by atoms with Gasteiger partial charge in [-0.15, -0.1) is 0 Å². The minimum atomic E-state index is -3.66. The summed E-state index contributed by atoms with van der Waals surface area (Å²) in [5, 5.41) is 0. The van der Waals surface area contributed by atoms with Gasteiger partial charge < -0.3 is 9.47 Å². The van der Waals surface area contributed by atoms with Crippen LogP contribution in [0.1, 0.15) is 46.5 Å². The molecule has 4 aliphatic heterocycles. The van der Waals surface area contributed by atoms with E-state index in [1.807, 2.05) is 19.9 Å². The normalized spacial score (nSPS) is 48.0. The van der Waals surface area contributed by atoms with E-state index in [4.69, 9.17) is 19.2 Å². The molecule has 154 valence electrons. The van der Waals surface area contributed by atoms with Gasteiger partial charge in [0.2, 0.25) is 15.6 Å². The van der Waals surface area contributed by atoms with Crippen molar-refractivity contribution in [3.05, 3.63) is 30.3 Å². The second-order valence-corrected chi connectivity index (χ2v) is 11.2. The highest BCUT2D eigenvalue weighted by atomic mass is 32.2. The van der Waals surface area contributed by atoms with E-state index in [0.29, 0.717) is 12.3 Å². The van der Waals surface area contributed by atoms with E-state index in [2.05, 4.69) is 6.92 Å². The summed E-state index contributed by atoms with van der Waals surface area (Å²) in [4.78, 5) is 12.1. The fourth-order valence-electron chi connectivity index (χ4n) is 5.97. The smallest absolute Gasteiger partial charge is 0.205 e. The van der Waals surface area contributed by atoms with E-state index in [9.17, 15) is 8.42 Å². The van der Waals surface area contributed by atoms with Crippen LogP contribution in [0.2, 0.25) is 0 Å². The van der Waals surface area contributed by atoms with Gasteiger partial charge in [0.1, 0.15) is 0 Å². The Labute approximate surface area is 166 Å². The van der Waals surface area contributed by atoms with Gasteiger partial charge in [-0.1, -0.05) is 32.0 Å². The summed E-state index contributed by atoms with van der Waals surface area (Å²) in [6.07, 6.45) is 2.82. The lowest BCUT2D eigenvalue weighted by Gasteiger charge is -2.60. The van der Waals surface area contributed by atoms with Crippen molar-refractivity contribution in [2.45, 2.75) is 74.5 Å². The predicted molar refractivity (Wildman–Crippen MR) is 100 cm³/mol. The Kier molecular flexibility index (Phi) is 4.24. The molecular formula is C21H28O6S. The summed E-state index contributed by atoms with van der Waals surface area (Å²) in [5.74, 6) is -0.461. The fraction of sp³-hybridized carbons (Fsp3) is 0.714. The Hall–Kier alpha value is -0.990. The molecule has 4 saturated heterocycles. The lowest BCUT2D eigenvalue weighted by Crippen LogP contribution is -2.71. The molecule has 5 aliphatic rings. The van der Waals surface area contributed by atoms with E-state index >= 15 is 0 Å². The standard InChI is InChI=1S/C21H28O6S/c1-13-9-10-17-14(2)18(28(22,23)15-7-5-4-6-8-15)24-19-21(17)16(13)11-12-20(3,25-19)26-27-21/h4-8,13-14,16-19H,9-12H2,1-3H3/t13-,14-,16+,17+,18+,19-,20-,21-/m1/s1. The van der Waals surface area contributed by atoms with Crippen LogP contribution in [0.3, 0.4) is 0 Å². The highest BCUT2D eigenvalue weighted by Crippen LogP contribution is 2.61. The van der Waals surface area contributed by atoms with Crippen LogP contribution < -0.4 is 0 Å². The highest BCUT2D eigenvalue weighted by Gasteiger charge is 2.70. The molecular weight excluding hydrogens is 380 g/mol. The number of sulfone groups is 1. The van der Waals surface area contributed by atoms with Crippen LogP contribution >= 0.6 is 0 Å². The van der Waals surface area contributed by atoms with Crippen LogP contribution in [0.25, 0.3) is 0 Å². The first-order valence-corrected chi connectivity index (χ1v) is 11.8. The Morgan fingerprint density at radius 1 is 1.00 bits per heavy atom. The summed E-state index contributed by atoms with van der Waals surface area (Å²) in [5.41, 5.74) is -1.70. The number of ether oxygens (including phenoxy) is 2. The fourth-order valence-corrected chi connectivity index (χ4v) is 7.78. The zero-order valence-electron chi connectivity index (χ0n) is 16.5. The van der Waals surface area contributed by atoms with Crippen molar-refractivity contribution in [1.82, 2.24) is 0 Å². The van der Waals surface area contributed by atoms with E-state index < -0.39 is 33.0 Å². The molecule has 0 aromatic heterocycles. The molecule has 0 radical (unpaired) electrons. The number of hydrogen-bond donors (Lipinski definition) is 0. The van der Waals surface area contributed by atoms with Gasteiger partial charge in [0.15, 0.2) is 17.3 Å². The Balaban J connectivity index is 1.59. The molecule has 28 heavy (non-hydrogen) atoms. The molecule has 1 saturated carbocycles. The second-order valence-electron chi connectivity index (χ2n) is 9.13. The summed E-state index contributed by atoms with van der Waals surface area (Å²) < 4.78 is 39.3. The maximum absolute atomic E-state index is 13.4. The summed E-state index contributed by atoms with van der Waals surface area (Å²) in [6, 6.07) is 8.54. The molecule has 1 aromatic carbocycles. The van der Waals surface area contributed by atoms with Gasteiger partial charge in [-0.3, -0.25) is 0 Å². The zero-order chi connectivity index (χ0) is 19.7. The maximum Gasteiger partial charge on any atom is 0.205 e. The highest BCUT2D eigenvalue weighted by molar-refractivity contribution is 7.92. The molecule has 1 spiro atoms. The lowest BCUT2D eigenvalue weighted by atomic mass is 9.58. The Morgan fingerprint density at radius 2 is 1.75 bits per heavy atom. The molecule has 0 unspecified atom stereocenters. The molecule has 5 fully saturated rings.